The zero-order valence-corrected chi connectivity index (χ0v) is 15.6. The summed E-state index contributed by atoms with van der Waals surface area (Å²) in [4.78, 5) is 2.60. The molecule has 2 nitrogen and oxygen atoms in total. The van der Waals surface area contributed by atoms with Crippen molar-refractivity contribution < 1.29 is 4.74 Å². The minimum Gasteiger partial charge on any atom is -0.497 e. The Morgan fingerprint density at radius 2 is 1.74 bits per heavy atom. The van der Waals surface area contributed by atoms with Crippen LogP contribution < -0.4 is 4.74 Å². The van der Waals surface area contributed by atoms with Gasteiger partial charge in [0.1, 0.15) is 5.75 Å². The summed E-state index contributed by atoms with van der Waals surface area (Å²) in [5.74, 6) is 0.917. The number of likely N-dealkylation sites (tertiary alicyclic amines) is 1. The van der Waals surface area contributed by atoms with Gasteiger partial charge in [0, 0.05) is 17.1 Å². The van der Waals surface area contributed by atoms with Crippen LogP contribution in [0.1, 0.15) is 37.4 Å². The molecule has 1 saturated heterocycles. The molecule has 3 rings (SSSR count). The number of hydrogen-bond acceptors (Lipinski definition) is 2. The summed E-state index contributed by atoms with van der Waals surface area (Å²) in [5.41, 5.74) is 3.04. The molecular formula is C20H24BrNO. The van der Waals surface area contributed by atoms with Gasteiger partial charge in [0.15, 0.2) is 0 Å². The van der Waals surface area contributed by atoms with Crippen molar-refractivity contribution in [2.75, 3.05) is 13.7 Å². The maximum absolute atomic E-state index is 5.26. The topological polar surface area (TPSA) is 12.5 Å². The molecule has 1 heterocycles. The largest absolute Gasteiger partial charge is 0.497 e. The van der Waals surface area contributed by atoms with Crippen LogP contribution in [0.5, 0.6) is 5.75 Å². The lowest BCUT2D eigenvalue weighted by Crippen LogP contribution is -2.28. The lowest BCUT2D eigenvalue weighted by molar-refractivity contribution is 0.176. The Balaban J connectivity index is 1.83. The highest BCUT2D eigenvalue weighted by Crippen LogP contribution is 2.47. The first-order valence-electron chi connectivity index (χ1n) is 8.12. The van der Waals surface area contributed by atoms with Gasteiger partial charge in [-0.1, -0.05) is 54.0 Å². The van der Waals surface area contributed by atoms with Gasteiger partial charge in [0.25, 0.3) is 0 Å². The van der Waals surface area contributed by atoms with Gasteiger partial charge < -0.3 is 4.74 Å². The predicted octanol–water partition coefficient (Wildman–Crippen LogP) is 5.43. The van der Waals surface area contributed by atoms with Crippen molar-refractivity contribution in [2.24, 2.45) is 5.41 Å². The van der Waals surface area contributed by atoms with Crippen molar-refractivity contribution in [2.45, 2.75) is 32.9 Å². The van der Waals surface area contributed by atoms with Crippen LogP contribution in [-0.4, -0.2) is 18.6 Å². The van der Waals surface area contributed by atoms with Crippen LogP contribution >= 0.6 is 15.9 Å². The Morgan fingerprint density at radius 3 is 2.35 bits per heavy atom. The van der Waals surface area contributed by atoms with E-state index in [1.807, 2.05) is 12.1 Å². The third kappa shape index (κ3) is 3.61. The molecule has 0 saturated carbocycles. The molecule has 0 aliphatic carbocycles. The highest BCUT2D eigenvalue weighted by molar-refractivity contribution is 9.10. The van der Waals surface area contributed by atoms with Crippen molar-refractivity contribution >= 4 is 15.9 Å². The molecule has 0 aromatic heterocycles. The second kappa shape index (κ2) is 6.66. The SMILES string of the molecule is COc1ccc(CN2CCC(C)(C)[C@@H]2c2ccc(Br)cc2)cc1. The van der Waals surface area contributed by atoms with E-state index in [2.05, 4.69) is 71.1 Å². The standard InChI is InChI=1S/C20H24BrNO/c1-20(2)12-13-22(14-15-4-10-18(23-3)11-5-15)19(20)16-6-8-17(21)9-7-16/h4-11,19H,12-14H2,1-3H3/t19-/m0/s1. The van der Waals surface area contributed by atoms with Gasteiger partial charge in [0.2, 0.25) is 0 Å². The Bertz CT molecular complexity index is 648. The fourth-order valence-electron chi connectivity index (χ4n) is 3.63. The molecule has 0 unspecified atom stereocenters. The average molecular weight is 374 g/mol. The first-order chi connectivity index (χ1) is 11.0. The van der Waals surface area contributed by atoms with Crippen LogP contribution in [0, 0.1) is 5.41 Å². The van der Waals surface area contributed by atoms with E-state index in [9.17, 15) is 0 Å². The molecule has 0 N–H and O–H groups in total. The van der Waals surface area contributed by atoms with Crippen molar-refractivity contribution in [1.82, 2.24) is 4.90 Å². The van der Waals surface area contributed by atoms with Gasteiger partial charge in [-0.3, -0.25) is 4.90 Å². The Morgan fingerprint density at radius 1 is 1.09 bits per heavy atom. The van der Waals surface area contributed by atoms with E-state index in [-0.39, 0.29) is 0 Å². The third-order valence-corrected chi connectivity index (χ3v) is 5.41. The van der Waals surface area contributed by atoms with Gasteiger partial charge in [-0.15, -0.1) is 0 Å². The number of ether oxygens (including phenoxy) is 1. The van der Waals surface area contributed by atoms with E-state index in [4.69, 9.17) is 4.74 Å². The Hall–Kier alpha value is -1.32. The highest BCUT2D eigenvalue weighted by Gasteiger charge is 2.40. The molecule has 1 aliphatic rings. The van der Waals surface area contributed by atoms with Crippen LogP contribution in [0.2, 0.25) is 0 Å². The fourth-order valence-corrected chi connectivity index (χ4v) is 3.90. The molecule has 0 bridgehead atoms. The lowest BCUT2D eigenvalue weighted by Gasteiger charge is -2.33. The predicted molar refractivity (Wildman–Crippen MR) is 98.7 cm³/mol. The number of methoxy groups -OCH3 is 1. The van der Waals surface area contributed by atoms with Crippen LogP contribution in [-0.2, 0) is 6.54 Å². The average Bonchev–Trinajstić information content (AvgIpc) is 2.84. The molecule has 0 radical (unpaired) electrons. The van der Waals surface area contributed by atoms with E-state index in [1.54, 1.807) is 7.11 Å². The van der Waals surface area contributed by atoms with Crippen LogP contribution in [0.15, 0.2) is 53.0 Å². The summed E-state index contributed by atoms with van der Waals surface area (Å²) in [6, 6.07) is 17.7. The van der Waals surface area contributed by atoms with Crippen molar-refractivity contribution in [3.05, 3.63) is 64.1 Å². The van der Waals surface area contributed by atoms with E-state index < -0.39 is 0 Å². The van der Waals surface area contributed by atoms with Crippen LogP contribution in [0.4, 0.5) is 0 Å². The lowest BCUT2D eigenvalue weighted by atomic mass is 9.81. The van der Waals surface area contributed by atoms with Crippen LogP contribution in [0.25, 0.3) is 0 Å². The molecule has 1 atom stereocenters. The normalized spacial score (nSPS) is 20.6. The summed E-state index contributed by atoms with van der Waals surface area (Å²) in [7, 11) is 1.71. The van der Waals surface area contributed by atoms with E-state index in [1.165, 1.54) is 17.5 Å². The number of halogens is 1. The zero-order valence-electron chi connectivity index (χ0n) is 14.1. The summed E-state index contributed by atoms with van der Waals surface area (Å²) >= 11 is 3.54. The van der Waals surface area contributed by atoms with E-state index in [0.717, 1.165) is 23.3 Å². The van der Waals surface area contributed by atoms with E-state index >= 15 is 0 Å². The number of hydrogen-bond donors (Lipinski definition) is 0. The van der Waals surface area contributed by atoms with Crippen molar-refractivity contribution in [3.63, 3.8) is 0 Å². The minimum absolute atomic E-state index is 0.292. The number of rotatable bonds is 4. The molecule has 0 spiro atoms. The van der Waals surface area contributed by atoms with Gasteiger partial charge >= 0.3 is 0 Å². The summed E-state index contributed by atoms with van der Waals surface area (Å²) in [5, 5.41) is 0. The third-order valence-electron chi connectivity index (χ3n) is 4.88. The quantitative estimate of drug-likeness (QED) is 0.708. The smallest absolute Gasteiger partial charge is 0.118 e. The number of nitrogens with zero attached hydrogens (tertiary/aromatic N) is 1. The summed E-state index contributed by atoms with van der Waals surface area (Å²) in [6.07, 6.45) is 1.23. The molecule has 3 heteroatoms. The van der Waals surface area contributed by atoms with Crippen molar-refractivity contribution in [1.29, 1.82) is 0 Å². The van der Waals surface area contributed by atoms with Gasteiger partial charge in [-0.2, -0.15) is 0 Å². The minimum atomic E-state index is 0.292. The fraction of sp³-hybridized carbons (Fsp3) is 0.400. The molecule has 1 fully saturated rings. The van der Waals surface area contributed by atoms with Crippen LogP contribution in [0.3, 0.4) is 0 Å². The Kier molecular flexibility index (Phi) is 4.79. The maximum Gasteiger partial charge on any atom is 0.118 e. The molecule has 2 aromatic rings. The highest BCUT2D eigenvalue weighted by atomic mass is 79.9. The van der Waals surface area contributed by atoms with Gasteiger partial charge in [-0.05, 0) is 53.8 Å². The second-order valence-electron chi connectivity index (χ2n) is 7.01. The number of benzene rings is 2. The van der Waals surface area contributed by atoms with Crippen molar-refractivity contribution in [3.8, 4) is 5.75 Å². The zero-order chi connectivity index (χ0) is 16.4. The first-order valence-corrected chi connectivity index (χ1v) is 8.91. The maximum atomic E-state index is 5.26. The molecule has 23 heavy (non-hydrogen) atoms. The molecule has 0 amide bonds. The van der Waals surface area contributed by atoms with Gasteiger partial charge in [-0.25, -0.2) is 0 Å². The van der Waals surface area contributed by atoms with Gasteiger partial charge in [0.05, 0.1) is 7.11 Å². The molecule has 2 aromatic carbocycles. The summed E-state index contributed by atoms with van der Waals surface area (Å²) < 4.78 is 6.39. The molecular weight excluding hydrogens is 350 g/mol. The van der Waals surface area contributed by atoms with E-state index in [0.29, 0.717) is 11.5 Å². The molecule has 1 aliphatic heterocycles. The Labute approximate surface area is 147 Å². The first kappa shape index (κ1) is 16.5. The summed E-state index contributed by atoms with van der Waals surface area (Å²) in [6.45, 7) is 6.88. The molecule has 122 valence electrons. The second-order valence-corrected chi connectivity index (χ2v) is 7.93. The monoisotopic (exact) mass is 373 g/mol.